The van der Waals surface area contributed by atoms with Gasteiger partial charge in [-0.05, 0) is 79.5 Å². The van der Waals surface area contributed by atoms with E-state index in [-0.39, 0.29) is 12.3 Å². The molecule has 1 aliphatic carbocycles. The SMILES string of the molecule is O=C(O)C[C@H](C(=O)N1CC[C@@H](CCc2ccc3c(n2)NCCC3)C1)c1cccc(C2CC2)c1. The van der Waals surface area contributed by atoms with Gasteiger partial charge in [0.05, 0.1) is 12.3 Å². The number of rotatable bonds is 8. The lowest BCUT2D eigenvalue weighted by molar-refractivity contribution is -0.141. The lowest BCUT2D eigenvalue weighted by Crippen LogP contribution is -2.34. The van der Waals surface area contributed by atoms with Crippen LogP contribution >= 0.6 is 0 Å². The molecular weight excluding hydrogens is 414 g/mol. The van der Waals surface area contributed by atoms with Crippen LogP contribution in [0.15, 0.2) is 36.4 Å². The van der Waals surface area contributed by atoms with E-state index in [2.05, 4.69) is 29.6 Å². The number of carboxylic acid groups (broad SMARTS) is 1. The molecule has 2 atom stereocenters. The number of hydrogen-bond donors (Lipinski definition) is 2. The first-order chi connectivity index (χ1) is 16.1. The third kappa shape index (κ3) is 5.21. The van der Waals surface area contributed by atoms with Crippen molar-refractivity contribution in [1.82, 2.24) is 9.88 Å². The van der Waals surface area contributed by atoms with Crippen molar-refractivity contribution in [2.75, 3.05) is 25.0 Å². The van der Waals surface area contributed by atoms with Crippen LogP contribution in [0.1, 0.15) is 72.7 Å². The minimum Gasteiger partial charge on any atom is -0.481 e. The number of carbonyl (C=O) groups is 2. The van der Waals surface area contributed by atoms with E-state index in [4.69, 9.17) is 4.98 Å². The van der Waals surface area contributed by atoms with Crippen LogP contribution in [0.2, 0.25) is 0 Å². The maximum atomic E-state index is 13.4. The molecule has 2 fully saturated rings. The van der Waals surface area contributed by atoms with E-state index in [1.807, 2.05) is 17.0 Å². The fourth-order valence-electron chi connectivity index (χ4n) is 5.32. The molecule has 3 heterocycles. The van der Waals surface area contributed by atoms with Crippen LogP contribution in [-0.4, -0.2) is 46.5 Å². The Morgan fingerprint density at radius 1 is 1.18 bits per heavy atom. The van der Waals surface area contributed by atoms with Crippen molar-refractivity contribution in [2.24, 2.45) is 5.92 Å². The van der Waals surface area contributed by atoms with Crippen LogP contribution in [0.25, 0.3) is 0 Å². The molecule has 0 unspecified atom stereocenters. The number of fused-ring (bicyclic) bond motifs is 1. The molecule has 5 rings (SSSR count). The van der Waals surface area contributed by atoms with Gasteiger partial charge in [0.25, 0.3) is 0 Å². The highest BCUT2D eigenvalue weighted by molar-refractivity contribution is 5.88. The molecule has 33 heavy (non-hydrogen) atoms. The second-order valence-electron chi connectivity index (χ2n) is 9.91. The Morgan fingerprint density at radius 2 is 2.06 bits per heavy atom. The normalized spacial score (nSPS) is 20.7. The van der Waals surface area contributed by atoms with E-state index in [9.17, 15) is 14.7 Å². The zero-order chi connectivity index (χ0) is 22.8. The van der Waals surface area contributed by atoms with Gasteiger partial charge in [0.2, 0.25) is 5.91 Å². The number of hydrogen-bond acceptors (Lipinski definition) is 4. The molecule has 6 nitrogen and oxygen atoms in total. The molecule has 0 bridgehead atoms. The van der Waals surface area contributed by atoms with Crippen LogP contribution in [0, 0.1) is 5.92 Å². The molecule has 0 spiro atoms. The number of amides is 1. The van der Waals surface area contributed by atoms with Crippen molar-refractivity contribution < 1.29 is 14.7 Å². The summed E-state index contributed by atoms with van der Waals surface area (Å²) in [5, 5.41) is 12.9. The second kappa shape index (κ2) is 9.54. The van der Waals surface area contributed by atoms with E-state index in [1.165, 1.54) is 24.0 Å². The lowest BCUT2D eigenvalue weighted by atomic mass is 9.92. The minimum absolute atomic E-state index is 0.0380. The first kappa shape index (κ1) is 21.9. The average Bonchev–Trinajstić information content (AvgIpc) is 3.58. The number of aromatic nitrogens is 1. The van der Waals surface area contributed by atoms with Gasteiger partial charge in [-0.25, -0.2) is 4.98 Å². The smallest absolute Gasteiger partial charge is 0.304 e. The van der Waals surface area contributed by atoms with E-state index < -0.39 is 11.9 Å². The van der Waals surface area contributed by atoms with Gasteiger partial charge in [-0.1, -0.05) is 30.3 Å². The summed E-state index contributed by atoms with van der Waals surface area (Å²) in [7, 11) is 0. The number of anilines is 1. The Balaban J connectivity index is 1.21. The molecule has 2 N–H and O–H groups in total. The van der Waals surface area contributed by atoms with Gasteiger partial charge in [0.1, 0.15) is 5.82 Å². The van der Waals surface area contributed by atoms with Crippen molar-refractivity contribution in [2.45, 2.75) is 63.2 Å². The highest BCUT2D eigenvalue weighted by Crippen LogP contribution is 2.41. The largest absolute Gasteiger partial charge is 0.481 e. The third-order valence-corrected chi connectivity index (χ3v) is 7.40. The summed E-state index contributed by atoms with van der Waals surface area (Å²) in [6.07, 6.45) is 7.34. The Hall–Kier alpha value is -2.89. The maximum absolute atomic E-state index is 13.4. The molecule has 2 aliphatic heterocycles. The fourth-order valence-corrected chi connectivity index (χ4v) is 5.32. The van der Waals surface area contributed by atoms with Gasteiger partial charge in [0, 0.05) is 25.3 Å². The van der Waals surface area contributed by atoms with Gasteiger partial charge in [0.15, 0.2) is 0 Å². The Labute approximate surface area is 195 Å². The van der Waals surface area contributed by atoms with E-state index in [0.717, 1.165) is 55.7 Å². The summed E-state index contributed by atoms with van der Waals surface area (Å²) in [5.41, 5.74) is 4.49. The topological polar surface area (TPSA) is 82.5 Å². The summed E-state index contributed by atoms with van der Waals surface area (Å²) < 4.78 is 0. The molecule has 1 amide bonds. The van der Waals surface area contributed by atoms with Crippen molar-refractivity contribution in [3.8, 4) is 0 Å². The highest BCUT2D eigenvalue weighted by atomic mass is 16.4. The summed E-state index contributed by atoms with van der Waals surface area (Å²) >= 11 is 0. The van der Waals surface area contributed by atoms with Crippen LogP contribution < -0.4 is 5.32 Å². The monoisotopic (exact) mass is 447 g/mol. The van der Waals surface area contributed by atoms with Gasteiger partial charge in [-0.15, -0.1) is 0 Å². The van der Waals surface area contributed by atoms with Crippen molar-refractivity contribution in [3.63, 3.8) is 0 Å². The van der Waals surface area contributed by atoms with E-state index in [0.29, 0.717) is 24.9 Å². The number of aliphatic carboxylic acids is 1. The molecule has 6 heteroatoms. The molecule has 174 valence electrons. The summed E-state index contributed by atoms with van der Waals surface area (Å²) in [4.78, 5) is 31.7. The number of benzene rings is 1. The highest BCUT2D eigenvalue weighted by Gasteiger charge is 2.33. The number of nitrogens with one attached hydrogen (secondary N) is 1. The van der Waals surface area contributed by atoms with E-state index >= 15 is 0 Å². The van der Waals surface area contributed by atoms with E-state index in [1.54, 1.807) is 0 Å². The zero-order valence-corrected chi connectivity index (χ0v) is 19.1. The molecule has 1 aromatic carbocycles. The van der Waals surface area contributed by atoms with Crippen LogP contribution in [0.3, 0.4) is 0 Å². The molecule has 1 aromatic heterocycles. The quantitative estimate of drug-likeness (QED) is 0.628. The number of likely N-dealkylation sites (tertiary alicyclic amines) is 1. The number of carbonyl (C=O) groups excluding carboxylic acids is 1. The first-order valence-electron chi connectivity index (χ1n) is 12.4. The van der Waals surface area contributed by atoms with Crippen LogP contribution in [0.4, 0.5) is 5.82 Å². The first-order valence-corrected chi connectivity index (χ1v) is 12.4. The summed E-state index contributed by atoms with van der Waals surface area (Å²) in [6, 6.07) is 12.4. The second-order valence-corrected chi connectivity index (χ2v) is 9.91. The molecule has 1 saturated carbocycles. The van der Waals surface area contributed by atoms with Gasteiger partial charge in [-0.3, -0.25) is 9.59 Å². The number of aryl methyl sites for hydroxylation is 2. The van der Waals surface area contributed by atoms with Crippen molar-refractivity contribution in [1.29, 1.82) is 0 Å². The molecular formula is C27H33N3O3. The number of nitrogens with zero attached hydrogens (tertiary/aromatic N) is 2. The summed E-state index contributed by atoms with van der Waals surface area (Å²) in [6.45, 7) is 2.41. The van der Waals surface area contributed by atoms with Crippen molar-refractivity contribution in [3.05, 3.63) is 58.8 Å². The Morgan fingerprint density at radius 3 is 2.88 bits per heavy atom. The van der Waals surface area contributed by atoms with Crippen LogP contribution in [-0.2, 0) is 22.4 Å². The number of pyridine rings is 1. The standard InChI is InChI=1S/C27H33N3O3/c31-25(32)16-24(22-4-1-3-21(15-22)19-7-8-19)27(33)30-14-12-18(17-30)6-10-23-11-9-20-5-2-13-28-26(20)29-23/h1,3-4,9,11,15,18-19,24H,2,5-8,10,12-14,16-17H2,(H,28,29)(H,31,32)/t18-,24+/m1/s1. The Kier molecular flexibility index (Phi) is 6.34. The Bertz CT molecular complexity index is 1030. The summed E-state index contributed by atoms with van der Waals surface area (Å²) in [5.74, 6) is 0.481. The van der Waals surface area contributed by atoms with Crippen molar-refractivity contribution >= 4 is 17.7 Å². The van der Waals surface area contributed by atoms with Crippen LogP contribution in [0.5, 0.6) is 0 Å². The molecule has 1 saturated heterocycles. The molecule has 3 aliphatic rings. The fraction of sp³-hybridized carbons (Fsp3) is 0.519. The third-order valence-electron chi connectivity index (χ3n) is 7.40. The number of carboxylic acids is 1. The maximum Gasteiger partial charge on any atom is 0.304 e. The average molecular weight is 448 g/mol. The van der Waals surface area contributed by atoms with Gasteiger partial charge in [-0.2, -0.15) is 0 Å². The molecule has 2 aromatic rings. The lowest BCUT2D eigenvalue weighted by Gasteiger charge is -2.23. The molecule has 0 radical (unpaired) electrons. The predicted molar refractivity (Wildman–Crippen MR) is 127 cm³/mol. The zero-order valence-electron chi connectivity index (χ0n) is 19.1. The van der Waals surface area contributed by atoms with Gasteiger partial charge < -0.3 is 15.3 Å². The van der Waals surface area contributed by atoms with Gasteiger partial charge >= 0.3 is 5.97 Å². The minimum atomic E-state index is -0.923. The predicted octanol–water partition coefficient (Wildman–Crippen LogP) is 4.36.